The molecule has 0 saturated heterocycles. The molecule has 1 aliphatic carbocycles. The summed E-state index contributed by atoms with van der Waals surface area (Å²) in [7, 11) is 0. The smallest absolute Gasteiger partial charge is 0.230 e. The molecule has 0 bridgehead atoms. The van der Waals surface area contributed by atoms with Crippen LogP contribution in [0.3, 0.4) is 0 Å². The van der Waals surface area contributed by atoms with Crippen LogP contribution < -0.4 is 5.73 Å². The largest absolute Gasteiger partial charge is 0.398 e. The molecular weight excluding hydrogens is 238 g/mol. The molecule has 4 heteroatoms. The van der Waals surface area contributed by atoms with Gasteiger partial charge in [-0.1, -0.05) is 37.6 Å². The fourth-order valence-electron chi connectivity index (χ4n) is 2.97. The molecule has 0 radical (unpaired) electrons. The second-order valence-corrected chi connectivity index (χ2v) is 5.98. The van der Waals surface area contributed by atoms with Crippen LogP contribution in [0.15, 0.2) is 28.8 Å². The van der Waals surface area contributed by atoms with Gasteiger partial charge < -0.3 is 10.3 Å². The molecule has 0 spiro atoms. The topological polar surface area (TPSA) is 64.9 Å². The van der Waals surface area contributed by atoms with Gasteiger partial charge in [0.15, 0.2) is 0 Å². The molecule has 1 atom stereocenters. The summed E-state index contributed by atoms with van der Waals surface area (Å²) in [5.74, 6) is 1.70. The second-order valence-electron chi connectivity index (χ2n) is 5.98. The Hall–Kier alpha value is -1.84. The third-order valence-corrected chi connectivity index (χ3v) is 4.20. The van der Waals surface area contributed by atoms with Gasteiger partial charge in [-0.2, -0.15) is 4.98 Å². The fraction of sp³-hybridized carbons (Fsp3) is 0.467. The van der Waals surface area contributed by atoms with Crippen LogP contribution in [0, 0.1) is 5.41 Å². The lowest BCUT2D eigenvalue weighted by molar-refractivity contribution is 0.261. The highest BCUT2D eigenvalue weighted by Gasteiger charge is 2.39. The van der Waals surface area contributed by atoms with Crippen molar-refractivity contribution in [3.8, 4) is 11.4 Å². The van der Waals surface area contributed by atoms with Crippen molar-refractivity contribution in [1.29, 1.82) is 0 Å². The number of nitrogen functional groups attached to an aromatic ring is 1. The summed E-state index contributed by atoms with van der Waals surface area (Å²) in [6.45, 7) is 4.54. The molecule has 1 fully saturated rings. The minimum atomic E-state index is 0.242. The molecule has 19 heavy (non-hydrogen) atoms. The number of nitrogens with two attached hydrogens (primary N) is 1. The molecule has 1 aromatic carbocycles. The van der Waals surface area contributed by atoms with E-state index in [9.17, 15) is 0 Å². The number of hydrogen-bond donors (Lipinski definition) is 1. The maximum absolute atomic E-state index is 5.95. The van der Waals surface area contributed by atoms with Crippen LogP contribution in [0.4, 0.5) is 5.69 Å². The predicted molar refractivity (Wildman–Crippen MR) is 74.5 cm³/mol. The summed E-state index contributed by atoms with van der Waals surface area (Å²) < 4.78 is 5.48. The Morgan fingerprint density at radius 2 is 2.11 bits per heavy atom. The number of para-hydroxylation sites is 1. The van der Waals surface area contributed by atoms with Crippen molar-refractivity contribution in [2.75, 3.05) is 5.73 Å². The zero-order valence-corrected chi connectivity index (χ0v) is 11.4. The first-order valence-electron chi connectivity index (χ1n) is 6.76. The van der Waals surface area contributed by atoms with Gasteiger partial charge in [-0.25, -0.2) is 0 Å². The van der Waals surface area contributed by atoms with Crippen LogP contribution in [-0.4, -0.2) is 10.1 Å². The van der Waals surface area contributed by atoms with Crippen molar-refractivity contribution in [2.45, 2.75) is 39.0 Å². The number of aromatic nitrogens is 2. The van der Waals surface area contributed by atoms with Crippen LogP contribution in [0.2, 0.25) is 0 Å². The zero-order chi connectivity index (χ0) is 13.5. The van der Waals surface area contributed by atoms with Gasteiger partial charge in [-0.05, 0) is 30.4 Å². The molecule has 3 rings (SSSR count). The van der Waals surface area contributed by atoms with Gasteiger partial charge in [-0.15, -0.1) is 0 Å². The quantitative estimate of drug-likeness (QED) is 0.835. The summed E-state index contributed by atoms with van der Waals surface area (Å²) >= 11 is 0. The standard InChI is InChI=1S/C15H19N3O/c1-15(2)9-5-7-11(15)14-17-13(18-19-14)10-6-3-4-8-12(10)16/h3-4,6,8,11H,5,7,9,16H2,1-2H3. The molecule has 0 aliphatic heterocycles. The van der Waals surface area contributed by atoms with E-state index in [-0.39, 0.29) is 5.41 Å². The molecule has 2 aromatic rings. The van der Waals surface area contributed by atoms with E-state index in [1.807, 2.05) is 24.3 Å². The number of nitrogens with zero attached hydrogens (tertiary/aromatic N) is 2. The molecule has 2 N–H and O–H groups in total. The van der Waals surface area contributed by atoms with Crippen molar-refractivity contribution >= 4 is 5.69 Å². The van der Waals surface area contributed by atoms with E-state index in [2.05, 4.69) is 24.0 Å². The summed E-state index contributed by atoms with van der Waals surface area (Å²) in [4.78, 5) is 4.56. The van der Waals surface area contributed by atoms with Gasteiger partial charge in [0.25, 0.3) is 0 Å². The Bertz CT molecular complexity index is 589. The van der Waals surface area contributed by atoms with Crippen molar-refractivity contribution in [3.05, 3.63) is 30.2 Å². The van der Waals surface area contributed by atoms with E-state index in [4.69, 9.17) is 10.3 Å². The lowest BCUT2D eigenvalue weighted by Gasteiger charge is -2.23. The number of benzene rings is 1. The van der Waals surface area contributed by atoms with Crippen molar-refractivity contribution < 1.29 is 4.52 Å². The molecule has 1 aliphatic rings. The fourth-order valence-corrected chi connectivity index (χ4v) is 2.97. The molecule has 4 nitrogen and oxygen atoms in total. The van der Waals surface area contributed by atoms with E-state index in [1.165, 1.54) is 12.8 Å². The summed E-state index contributed by atoms with van der Waals surface area (Å²) in [5, 5.41) is 4.09. The van der Waals surface area contributed by atoms with Crippen LogP contribution in [0.5, 0.6) is 0 Å². The summed E-state index contributed by atoms with van der Waals surface area (Å²) in [6.07, 6.45) is 3.56. The summed E-state index contributed by atoms with van der Waals surface area (Å²) in [6, 6.07) is 7.61. The monoisotopic (exact) mass is 257 g/mol. The maximum Gasteiger partial charge on any atom is 0.230 e. The second kappa shape index (κ2) is 4.37. The van der Waals surface area contributed by atoms with E-state index >= 15 is 0 Å². The molecule has 1 unspecified atom stereocenters. The van der Waals surface area contributed by atoms with Crippen LogP contribution in [0.25, 0.3) is 11.4 Å². The van der Waals surface area contributed by atoms with Crippen molar-refractivity contribution in [2.24, 2.45) is 5.41 Å². The predicted octanol–water partition coefficient (Wildman–Crippen LogP) is 3.61. The number of rotatable bonds is 2. The van der Waals surface area contributed by atoms with Crippen molar-refractivity contribution in [3.63, 3.8) is 0 Å². The lowest BCUT2D eigenvalue weighted by Crippen LogP contribution is -2.15. The van der Waals surface area contributed by atoms with Gasteiger partial charge >= 0.3 is 0 Å². The first-order valence-corrected chi connectivity index (χ1v) is 6.76. The lowest BCUT2D eigenvalue weighted by atomic mass is 9.82. The molecule has 1 aromatic heterocycles. The van der Waals surface area contributed by atoms with E-state index in [0.717, 1.165) is 17.9 Å². The van der Waals surface area contributed by atoms with Gasteiger partial charge in [-0.3, -0.25) is 0 Å². The average molecular weight is 257 g/mol. The SMILES string of the molecule is CC1(C)CCCC1c1nc(-c2ccccc2N)no1. The van der Waals surface area contributed by atoms with Crippen LogP contribution in [-0.2, 0) is 0 Å². The van der Waals surface area contributed by atoms with Crippen LogP contribution in [0.1, 0.15) is 44.9 Å². The minimum Gasteiger partial charge on any atom is -0.398 e. The normalized spacial score (nSPS) is 21.7. The van der Waals surface area contributed by atoms with E-state index < -0.39 is 0 Å². The Morgan fingerprint density at radius 3 is 2.79 bits per heavy atom. The van der Waals surface area contributed by atoms with Gasteiger partial charge in [0.1, 0.15) is 0 Å². The van der Waals surface area contributed by atoms with E-state index in [1.54, 1.807) is 0 Å². The summed E-state index contributed by atoms with van der Waals surface area (Å²) in [5.41, 5.74) is 7.71. The van der Waals surface area contributed by atoms with Gasteiger partial charge in [0.2, 0.25) is 11.7 Å². The first kappa shape index (κ1) is 12.2. The third kappa shape index (κ3) is 2.11. The highest BCUT2D eigenvalue weighted by atomic mass is 16.5. The highest BCUT2D eigenvalue weighted by Crippen LogP contribution is 2.48. The minimum absolute atomic E-state index is 0.242. The molecule has 1 heterocycles. The number of anilines is 1. The Balaban J connectivity index is 1.94. The third-order valence-electron chi connectivity index (χ3n) is 4.20. The maximum atomic E-state index is 5.95. The Labute approximate surface area is 113 Å². The average Bonchev–Trinajstić information content (AvgIpc) is 2.95. The van der Waals surface area contributed by atoms with Crippen LogP contribution >= 0.6 is 0 Å². The molecule has 1 saturated carbocycles. The number of hydrogen-bond acceptors (Lipinski definition) is 4. The first-order chi connectivity index (χ1) is 9.08. The zero-order valence-electron chi connectivity index (χ0n) is 11.4. The molecule has 0 amide bonds. The molecule has 100 valence electrons. The van der Waals surface area contributed by atoms with Gasteiger partial charge in [0.05, 0.1) is 0 Å². The van der Waals surface area contributed by atoms with Crippen molar-refractivity contribution in [1.82, 2.24) is 10.1 Å². The molecular formula is C15H19N3O. The Kier molecular flexibility index (Phi) is 2.81. The van der Waals surface area contributed by atoms with E-state index in [0.29, 0.717) is 17.4 Å². The highest BCUT2D eigenvalue weighted by molar-refractivity contribution is 5.70. The van der Waals surface area contributed by atoms with Gasteiger partial charge in [0, 0.05) is 17.2 Å². The Morgan fingerprint density at radius 1 is 1.32 bits per heavy atom.